The molecule has 0 fully saturated rings. The Bertz CT molecular complexity index is 494. The van der Waals surface area contributed by atoms with Crippen LogP contribution in [0, 0.1) is 6.92 Å². The van der Waals surface area contributed by atoms with E-state index in [0.717, 1.165) is 11.3 Å². The van der Waals surface area contributed by atoms with Gasteiger partial charge in [-0.2, -0.15) is 0 Å². The lowest BCUT2D eigenvalue weighted by molar-refractivity contribution is 0.0276. The standard InChI is InChI=1S/C9H17N3O3S2/c1-6-7(16-8(10)12-6)17(13,14)11-5-9(2,3)15-4/h11H,5H2,1-4H3,(H2,10,12). The Balaban J connectivity index is 2.87. The van der Waals surface area contributed by atoms with E-state index in [-0.39, 0.29) is 15.9 Å². The summed E-state index contributed by atoms with van der Waals surface area (Å²) in [5.74, 6) is 0. The van der Waals surface area contributed by atoms with Crippen molar-refractivity contribution in [3.05, 3.63) is 5.69 Å². The Kier molecular flexibility index (Phi) is 4.13. The van der Waals surface area contributed by atoms with Crippen molar-refractivity contribution in [2.24, 2.45) is 0 Å². The molecule has 0 aliphatic carbocycles. The third-order valence-corrected chi connectivity index (χ3v) is 5.25. The minimum atomic E-state index is -3.57. The number of ether oxygens (including phenoxy) is 1. The molecule has 0 saturated heterocycles. The quantitative estimate of drug-likeness (QED) is 0.829. The lowest BCUT2D eigenvalue weighted by Crippen LogP contribution is -2.39. The zero-order valence-electron chi connectivity index (χ0n) is 10.3. The summed E-state index contributed by atoms with van der Waals surface area (Å²) in [5, 5.41) is 0.244. The Morgan fingerprint density at radius 3 is 2.53 bits per heavy atom. The van der Waals surface area contributed by atoms with E-state index in [4.69, 9.17) is 10.5 Å². The van der Waals surface area contributed by atoms with Crippen molar-refractivity contribution in [2.75, 3.05) is 19.4 Å². The second kappa shape index (κ2) is 4.89. The molecule has 0 aromatic carbocycles. The number of nitrogens with zero attached hydrogens (tertiary/aromatic N) is 1. The minimum Gasteiger partial charge on any atom is -0.377 e. The van der Waals surface area contributed by atoms with Crippen LogP contribution in [0.15, 0.2) is 4.21 Å². The number of methoxy groups -OCH3 is 1. The number of aryl methyl sites for hydroxylation is 1. The SMILES string of the molecule is COC(C)(C)CNS(=O)(=O)c1sc(N)nc1C. The van der Waals surface area contributed by atoms with Gasteiger partial charge in [-0.3, -0.25) is 0 Å². The first kappa shape index (κ1) is 14.4. The number of rotatable bonds is 5. The van der Waals surface area contributed by atoms with Crippen molar-refractivity contribution in [3.63, 3.8) is 0 Å². The first-order valence-electron chi connectivity index (χ1n) is 4.96. The average Bonchev–Trinajstić information content (AvgIpc) is 2.56. The zero-order chi connectivity index (χ0) is 13.3. The molecule has 0 unspecified atom stereocenters. The van der Waals surface area contributed by atoms with E-state index >= 15 is 0 Å². The number of thiazole rings is 1. The van der Waals surface area contributed by atoms with Gasteiger partial charge in [0.15, 0.2) is 9.34 Å². The van der Waals surface area contributed by atoms with Gasteiger partial charge < -0.3 is 10.5 Å². The maximum Gasteiger partial charge on any atom is 0.252 e. The summed E-state index contributed by atoms with van der Waals surface area (Å²) in [5.41, 5.74) is 5.33. The van der Waals surface area contributed by atoms with Gasteiger partial charge in [0.05, 0.1) is 11.3 Å². The lowest BCUT2D eigenvalue weighted by atomic mass is 10.1. The Morgan fingerprint density at radius 2 is 2.12 bits per heavy atom. The van der Waals surface area contributed by atoms with E-state index in [2.05, 4.69) is 9.71 Å². The van der Waals surface area contributed by atoms with Gasteiger partial charge in [-0.1, -0.05) is 11.3 Å². The smallest absolute Gasteiger partial charge is 0.252 e. The van der Waals surface area contributed by atoms with Crippen LogP contribution < -0.4 is 10.5 Å². The number of anilines is 1. The molecule has 8 heteroatoms. The second-order valence-electron chi connectivity index (χ2n) is 4.21. The van der Waals surface area contributed by atoms with Gasteiger partial charge >= 0.3 is 0 Å². The fourth-order valence-electron chi connectivity index (χ4n) is 1.06. The van der Waals surface area contributed by atoms with Crippen LogP contribution in [0.3, 0.4) is 0 Å². The number of nitrogens with two attached hydrogens (primary N) is 1. The molecule has 3 N–H and O–H groups in total. The van der Waals surface area contributed by atoms with Gasteiger partial charge in [0, 0.05) is 13.7 Å². The number of hydrogen-bond donors (Lipinski definition) is 2. The topological polar surface area (TPSA) is 94.3 Å². The fraction of sp³-hybridized carbons (Fsp3) is 0.667. The van der Waals surface area contributed by atoms with E-state index in [1.54, 1.807) is 20.8 Å². The van der Waals surface area contributed by atoms with Gasteiger partial charge in [0.25, 0.3) is 10.0 Å². The first-order valence-corrected chi connectivity index (χ1v) is 7.25. The van der Waals surface area contributed by atoms with Crippen molar-refractivity contribution in [2.45, 2.75) is 30.6 Å². The predicted molar refractivity (Wildman–Crippen MR) is 67.5 cm³/mol. The fourth-order valence-corrected chi connectivity index (χ4v) is 3.60. The minimum absolute atomic E-state index is 0.155. The largest absolute Gasteiger partial charge is 0.377 e. The van der Waals surface area contributed by atoms with E-state index < -0.39 is 15.6 Å². The van der Waals surface area contributed by atoms with E-state index in [1.165, 1.54) is 7.11 Å². The van der Waals surface area contributed by atoms with E-state index in [9.17, 15) is 8.42 Å². The van der Waals surface area contributed by atoms with Crippen LogP contribution in [0.2, 0.25) is 0 Å². The van der Waals surface area contributed by atoms with Gasteiger partial charge in [0.2, 0.25) is 0 Å². The number of nitrogens with one attached hydrogen (secondary N) is 1. The molecule has 17 heavy (non-hydrogen) atoms. The van der Waals surface area contributed by atoms with Crippen LogP contribution in [0.4, 0.5) is 5.13 Å². The van der Waals surface area contributed by atoms with Crippen LogP contribution in [0.1, 0.15) is 19.5 Å². The molecular formula is C9H17N3O3S2. The van der Waals surface area contributed by atoms with Crippen LogP contribution in [-0.4, -0.2) is 32.7 Å². The maximum atomic E-state index is 12.0. The second-order valence-corrected chi connectivity index (χ2v) is 7.21. The van der Waals surface area contributed by atoms with Crippen molar-refractivity contribution in [1.82, 2.24) is 9.71 Å². The van der Waals surface area contributed by atoms with Crippen molar-refractivity contribution in [3.8, 4) is 0 Å². The number of hydrogen-bond acceptors (Lipinski definition) is 6. The Hall–Kier alpha value is -0.700. The van der Waals surface area contributed by atoms with Gasteiger partial charge in [0.1, 0.15) is 0 Å². The molecule has 0 atom stereocenters. The summed E-state index contributed by atoms with van der Waals surface area (Å²) in [6.45, 7) is 5.39. The summed E-state index contributed by atoms with van der Waals surface area (Å²) in [6.07, 6.45) is 0. The summed E-state index contributed by atoms with van der Waals surface area (Å²) < 4.78 is 31.7. The summed E-state index contributed by atoms with van der Waals surface area (Å²) in [6, 6.07) is 0. The van der Waals surface area contributed by atoms with E-state index in [0.29, 0.717) is 5.69 Å². The van der Waals surface area contributed by atoms with Crippen LogP contribution in [0.25, 0.3) is 0 Å². The first-order chi connectivity index (χ1) is 7.68. The maximum absolute atomic E-state index is 12.0. The van der Waals surface area contributed by atoms with Gasteiger partial charge in [-0.15, -0.1) is 0 Å². The molecule has 0 aliphatic heterocycles. The molecule has 1 aromatic heterocycles. The third-order valence-electron chi connectivity index (χ3n) is 2.26. The monoisotopic (exact) mass is 279 g/mol. The van der Waals surface area contributed by atoms with Gasteiger partial charge in [-0.05, 0) is 20.8 Å². The Labute approximate surface area is 105 Å². The molecule has 0 amide bonds. The highest BCUT2D eigenvalue weighted by atomic mass is 32.2. The van der Waals surface area contributed by atoms with Crippen molar-refractivity contribution in [1.29, 1.82) is 0 Å². The zero-order valence-corrected chi connectivity index (χ0v) is 11.9. The highest BCUT2D eigenvalue weighted by Crippen LogP contribution is 2.24. The third kappa shape index (κ3) is 3.63. The van der Waals surface area contributed by atoms with E-state index in [1.807, 2.05) is 0 Å². The molecule has 98 valence electrons. The van der Waals surface area contributed by atoms with Crippen LogP contribution >= 0.6 is 11.3 Å². The lowest BCUT2D eigenvalue weighted by Gasteiger charge is -2.22. The molecule has 0 radical (unpaired) electrons. The highest BCUT2D eigenvalue weighted by molar-refractivity contribution is 7.91. The summed E-state index contributed by atoms with van der Waals surface area (Å²) >= 11 is 0.955. The van der Waals surface area contributed by atoms with Crippen molar-refractivity contribution >= 4 is 26.5 Å². The van der Waals surface area contributed by atoms with Crippen molar-refractivity contribution < 1.29 is 13.2 Å². The molecule has 1 aromatic rings. The summed E-state index contributed by atoms with van der Waals surface area (Å²) in [4.78, 5) is 3.89. The highest BCUT2D eigenvalue weighted by Gasteiger charge is 2.25. The Morgan fingerprint density at radius 1 is 1.53 bits per heavy atom. The average molecular weight is 279 g/mol. The molecule has 1 heterocycles. The number of aromatic nitrogens is 1. The number of nitrogen functional groups attached to an aromatic ring is 1. The molecule has 0 spiro atoms. The predicted octanol–water partition coefficient (Wildman–Crippen LogP) is 0.737. The van der Waals surface area contributed by atoms with Gasteiger partial charge in [-0.25, -0.2) is 18.1 Å². The molecule has 1 rings (SSSR count). The molecule has 0 saturated carbocycles. The molecule has 0 aliphatic rings. The molecular weight excluding hydrogens is 262 g/mol. The normalized spacial score (nSPS) is 12.9. The van der Waals surface area contributed by atoms with Crippen LogP contribution in [-0.2, 0) is 14.8 Å². The summed E-state index contributed by atoms with van der Waals surface area (Å²) in [7, 11) is -2.04. The molecule has 6 nitrogen and oxygen atoms in total. The molecule has 0 bridgehead atoms. The van der Waals surface area contributed by atoms with Crippen LogP contribution in [0.5, 0.6) is 0 Å². The number of sulfonamides is 1.